The molecule has 1 amide bonds. The quantitative estimate of drug-likeness (QED) is 0.776. The molecule has 4 rings (SSSR count). The van der Waals surface area contributed by atoms with Gasteiger partial charge in [-0.15, -0.1) is 5.10 Å². The minimum Gasteiger partial charge on any atom is -0.348 e. The molecule has 0 saturated carbocycles. The first-order valence-electron chi connectivity index (χ1n) is 9.14. The Hall–Kier alpha value is -2.77. The van der Waals surface area contributed by atoms with Gasteiger partial charge in [-0.25, -0.2) is 9.67 Å². The number of tetrazole rings is 1. The second-order valence-electron chi connectivity index (χ2n) is 7.01. The number of hydrogen-bond acceptors (Lipinski definition) is 5. The first kappa shape index (κ1) is 16.7. The summed E-state index contributed by atoms with van der Waals surface area (Å²) in [5.41, 5.74) is 2.04. The fourth-order valence-corrected chi connectivity index (χ4v) is 3.69. The Bertz CT molecular complexity index is 927. The number of nitrogens with zero attached hydrogens (tertiary/aromatic N) is 6. The monoisotopic (exact) mass is 353 g/mol. The van der Waals surface area contributed by atoms with Crippen LogP contribution in [0.25, 0.3) is 11.0 Å². The molecule has 1 atom stereocenters. The molecular weight excluding hydrogens is 330 g/mol. The number of aryl methyl sites for hydroxylation is 1. The molecule has 0 fully saturated rings. The van der Waals surface area contributed by atoms with Gasteiger partial charge in [-0.2, -0.15) is 0 Å². The van der Waals surface area contributed by atoms with E-state index in [1.165, 1.54) is 0 Å². The van der Waals surface area contributed by atoms with Gasteiger partial charge in [0.15, 0.2) is 5.82 Å². The van der Waals surface area contributed by atoms with Crippen LogP contribution >= 0.6 is 0 Å². The highest BCUT2D eigenvalue weighted by molar-refractivity contribution is 5.83. The largest absolute Gasteiger partial charge is 0.348 e. The molecule has 8 heteroatoms. The molecule has 136 valence electrons. The average Bonchev–Trinajstić information content (AvgIpc) is 3.18. The van der Waals surface area contributed by atoms with Crippen molar-refractivity contribution >= 4 is 16.9 Å². The lowest BCUT2D eigenvalue weighted by Crippen LogP contribution is -2.31. The van der Waals surface area contributed by atoms with E-state index in [1.54, 1.807) is 4.68 Å². The number of nitrogens with one attached hydrogen (secondary N) is 1. The maximum absolute atomic E-state index is 12.8. The summed E-state index contributed by atoms with van der Waals surface area (Å²) in [6, 6.07) is 8.32. The van der Waals surface area contributed by atoms with E-state index in [-0.39, 0.29) is 17.9 Å². The highest BCUT2D eigenvalue weighted by Gasteiger charge is 2.28. The van der Waals surface area contributed by atoms with E-state index >= 15 is 0 Å². The molecule has 0 bridgehead atoms. The summed E-state index contributed by atoms with van der Waals surface area (Å²) in [6.07, 6.45) is 2.74. The van der Waals surface area contributed by atoms with Crippen LogP contribution < -0.4 is 5.32 Å². The smallest absolute Gasteiger partial charge is 0.231 e. The Morgan fingerprint density at radius 1 is 1.31 bits per heavy atom. The number of rotatable bonds is 4. The predicted octanol–water partition coefficient (Wildman–Crippen LogP) is 2.19. The van der Waals surface area contributed by atoms with Gasteiger partial charge in [-0.05, 0) is 49.2 Å². The molecular formula is C18H23N7O. The summed E-state index contributed by atoms with van der Waals surface area (Å²) >= 11 is 0. The lowest BCUT2D eigenvalue weighted by atomic mass is 10.0. The maximum atomic E-state index is 12.8. The van der Waals surface area contributed by atoms with Crippen LogP contribution in [0.5, 0.6) is 0 Å². The lowest BCUT2D eigenvalue weighted by molar-refractivity contribution is -0.123. The van der Waals surface area contributed by atoms with E-state index in [0.717, 1.165) is 42.7 Å². The molecule has 1 aliphatic rings. The number of para-hydroxylation sites is 2. The van der Waals surface area contributed by atoms with Crippen LogP contribution in [0.1, 0.15) is 56.7 Å². The van der Waals surface area contributed by atoms with Crippen LogP contribution in [0.2, 0.25) is 0 Å². The van der Waals surface area contributed by atoms with Gasteiger partial charge in [-0.1, -0.05) is 18.6 Å². The van der Waals surface area contributed by atoms with Crippen LogP contribution in [0, 0.1) is 0 Å². The van der Waals surface area contributed by atoms with Crippen LogP contribution in [-0.4, -0.2) is 35.7 Å². The van der Waals surface area contributed by atoms with Gasteiger partial charge >= 0.3 is 0 Å². The predicted molar refractivity (Wildman–Crippen MR) is 96.4 cm³/mol. The molecule has 2 aromatic heterocycles. The normalized spacial score (nSPS) is 17.3. The average molecular weight is 353 g/mol. The fourth-order valence-electron chi connectivity index (χ4n) is 3.69. The Morgan fingerprint density at radius 3 is 3.00 bits per heavy atom. The van der Waals surface area contributed by atoms with Crippen molar-refractivity contribution in [2.75, 3.05) is 0 Å². The summed E-state index contributed by atoms with van der Waals surface area (Å²) in [6.45, 7) is 5.41. The van der Waals surface area contributed by atoms with Crippen LogP contribution in [0.4, 0.5) is 0 Å². The van der Waals surface area contributed by atoms with Crippen molar-refractivity contribution < 1.29 is 4.79 Å². The molecule has 1 N–H and O–H groups in total. The number of fused-ring (bicyclic) bond motifs is 2. The minimum absolute atomic E-state index is 0.0367. The Morgan fingerprint density at radius 2 is 2.15 bits per heavy atom. The highest BCUT2D eigenvalue weighted by Crippen LogP contribution is 2.25. The van der Waals surface area contributed by atoms with E-state index in [9.17, 15) is 4.79 Å². The Labute approximate surface area is 151 Å². The third kappa shape index (κ3) is 2.95. The molecule has 0 aliphatic carbocycles. The zero-order chi connectivity index (χ0) is 18.1. The van der Waals surface area contributed by atoms with Gasteiger partial charge in [0.2, 0.25) is 5.91 Å². The third-order valence-electron chi connectivity index (χ3n) is 4.91. The van der Waals surface area contributed by atoms with Gasteiger partial charge in [0.05, 0.1) is 23.5 Å². The Balaban J connectivity index is 1.55. The second-order valence-corrected chi connectivity index (χ2v) is 7.01. The fraction of sp³-hybridized carbons (Fsp3) is 0.500. The summed E-state index contributed by atoms with van der Waals surface area (Å²) in [4.78, 5) is 17.5. The Kier molecular flexibility index (Phi) is 4.40. The van der Waals surface area contributed by atoms with Gasteiger partial charge in [-0.3, -0.25) is 4.79 Å². The number of imidazole rings is 1. The van der Waals surface area contributed by atoms with Crippen molar-refractivity contribution in [3.05, 3.63) is 35.9 Å². The van der Waals surface area contributed by atoms with Crippen molar-refractivity contribution in [3.63, 3.8) is 0 Å². The molecule has 1 aromatic carbocycles. The molecule has 0 saturated heterocycles. The number of amides is 1. The van der Waals surface area contributed by atoms with Gasteiger partial charge in [0, 0.05) is 12.6 Å². The highest BCUT2D eigenvalue weighted by atomic mass is 16.1. The molecule has 0 spiro atoms. The third-order valence-corrected chi connectivity index (χ3v) is 4.91. The summed E-state index contributed by atoms with van der Waals surface area (Å²) in [7, 11) is 0. The first-order chi connectivity index (χ1) is 12.6. The number of benzene rings is 1. The van der Waals surface area contributed by atoms with E-state index in [2.05, 4.69) is 45.3 Å². The van der Waals surface area contributed by atoms with Crippen molar-refractivity contribution in [1.82, 2.24) is 35.1 Å². The standard InChI is InChI=1S/C18H23N7O/c1-12(2)25-15-9-4-3-8-14(15)20-16(25)11-19-18(26)13-7-5-6-10-24-17(13)21-22-23-24/h3-4,8-9,12-13H,5-7,10-11H2,1-2H3,(H,19,26)/t13-/m1/s1. The summed E-state index contributed by atoms with van der Waals surface area (Å²) < 4.78 is 3.92. The lowest BCUT2D eigenvalue weighted by Gasteiger charge is -2.16. The number of carbonyl (C=O) groups is 1. The van der Waals surface area contributed by atoms with Crippen molar-refractivity contribution in [2.45, 2.75) is 58.2 Å². The molecule has 3 aromatic rings. The van der Waals surface area contributed by atoms with Crippen molar-refractivity contribution in [1.29, 1.82) is 0 Å². The topological polar surface area (TPSA) is 90.5 Å². The molecule has 0 radical (unpaired) electrons. The maximum Gasteiger partial charge on any atom is 0.231 e. The zero-order valence-corrected chi connectivity index (χ0v) is 15.1. The van der Waals surface area contributed by atoms with E-state index in [1.807, 2.05) is 18.2 Å². The summed E-state index contributed by atoms with van der Waals surface area (Å²) in [5.74, 6) is 1.19. The van der Waals surface area contributed by atoms with Gasteiger partial charge < -0.3 is 9.88 Å². The minimum atomic E-state index is -0.302. The molecule has 8 nitrogen and oxygen atoms in total. The van der Waals surface area contributed by atoms with E-state index in [4.69, 9.17) is 4.98 Å². The molecule has 1 aliphatic heterocycles. The van der Waals surface area contributed by atoms with Gasteiger partial charge in [0.25, 0.3) is 0 Å². The molecule has 0 unspecified atom stereocenters. The molecule has 3 heterocycles. The van der Waals surface area contributed by atoms with Gasteiger partial charge in [0.1, 0.15) is 5.82 Å². The van der Waals surface area contributed by atoms with E-state index < -0.39 is 0 Å². The van der Waals surface area contributed by atoms with Crippen molar-refractivity contribution in [3.8, 4) is 0 Å². The SMILES string of the molecule is CC(C)n1c(CNC(=O)[C@@H]2CCCCn3nnnc32)nc2ccccc21. The number of carbonyl (C=O) groups excluding carboxylic acids is 1. The van der Waals surface area contributed by atoms with Crippen molar-refractivity contribution in [2.24, 2.45) is 0 Å². The first-order valence-corrected chi connectivity index (χ1v) is 9.14. The second kappa shape index (κ2) is 6.86. The van der Waals surface area contributed by atoms with E-state index in [0.29, 0.717) is 12.4 Å². The number of aromatic nitrogens is 6. The van der Waals surface area contributed by atoms with Crippen LogP contribution in [-0.2, 0) is 17.9 Å². The molecule has 26 heavy (non-hydrogen) atoms. The number of hydrogen-bond donors (Lipinski definition) is 1. The van der Waals surface area contributed by atoms with Crippen LogP contribution in [0.3, 0.4) is 0 Å². The van der Waals surface area contributed by atoms with Crippen LogP contribution in [0.15, 0.2) is 24.3 Å². The zero-order valence-electron chi connectivity index (χ0n) is 15.1. The summed E-state index contributed by atoms with van der Waals surface area (Å²) in [5, 5.41) is 14.8.